The number of cyclic esters (lactones) is 1. The van der Waals surface area contributed by atoms with Crippen molar-refractivity contribution in [2.45, 2.75) is 6.92 Å². The van der Waals surface area contributed by atoms with E-state index >= 15 is 0 Å². The minimum Gasteiger partial charge on any atom is -0.430 e. The Kier molecular flexibility index (Phi) is 6.04. The van der Waals surface area contributed by atoms with Gasteiger partial charge in [-0.25, -0.2) is 0 Å². The third kappa shape index (κ3) is 5.06. The number of carbonyl (C=O) groups excluding carboxylic acids is 4. The molecule has 0 aliphatic carbocycles. The number of halogens is 1. The van der Waals surface area contributed by atoms with Crippen LogP contribution in [-0.4, -0.2) is 23.4 Å². The Bertz CT molecular complexity index is 1050. The number of nitrogens with one attached hydrogen (secondary N) is 1. The molecule has 1 aliphatic rings. The van der Waals surface area contributed by atoms with E-state index in [1.807, 2.05) is 0 Å². The second-order valence-electron chi connectivity index (χ2n) is 6.33. The van der Waals surface area contributed by atoms with E-state index in [0.29, 0.717) is 21.8 Å². The maximum atomic E-state index is 12.3. The molecule has 0 bridgehead atoms. The summed E-state index contributed by atoms with van der Waals surface area (Å²) in [7, 11) is 0. The summed E-state index contributed by atoms with van der Waals surface area (Å²) in [6.45, 7) is 1.47. The molecule has 6 nitrogen and oxygen atoms in total. The summed E-state index contributed by atoms with van der Waals surface area (Å²) in [5.41, 5.74) is 1.57. The highest BCUT2D eigenvalue weighted by Gasteiger charge is 2.36. The highest BCUT2D eigenvalue weighted by Crippen LogP contribution is 2.18. The topological polar surface area (TPSA) is 89.5 Å². The molecule has 0 fully saturated rings. The summed E-state index contributed by atoms with van der Waals surface area (Å²) in [6, 6.07) is 13.2. The summed E-state index contributed by atoms with van der Waals surface area (Å²) in [5.74, 6) is -3.78. The summed E-state index contributed by atoms with van der Waals surface area (Å²) in [5, 5.41) is 3.28. The molecule has 1 atom stereocenters. The average molecular weight is 410 g/mol. The number of allylic oxidation sites excluding steroid dienone is 3. The Morgan fingerprint density at radius 3 is 2.52 bits per heavy atom. The zero-order valence-corrected chi connectivity index (χ0v) is 16.1. The van der Waals surface area contributed by atoms with Crippen molar-refractivity contribution in [2.24, 2.45) is 5.92 Å². The van der Waals surface area contributed by atoms with Gasteiger partial charge in [0, 0.05) is 22.3 Å². The Morgan fingerprint density at radius 2 is 1.83 bits per heavy atom. The fraction of sp³-hybridized carbons (Fsp3) is 0.0909. The van der Waals surface area contributed by atoms with Crippen LogP contribution in [0, 0.1) is 5.92 Å². The van der Waals surface area contributed by atoms with E-state index in [9.17, 15) is 19.2 Å². The highest BCUT2D eigenvalue weighted by atomic mass is 35.5. The average Bonchev–Trinajstić information content (AvgIpc) is 2.66. The van der Waals surface area contributed by atoms with Crippen molar-refractivity contribution < 1.29 is 23.9 Å². The van der Waals surface area contributed by atoms with Crippen LogP contribution in [0.1, 0.15) is 22.8 Å². The molecule has 1 aliphatic heterocycles. The van der Waals surface area contributed by atoms with Crippen molar-refractivity contribution in [3.8, 4) is 0 Å². The van der Waals surface area contributed by atoms with E-state index in [-0.39, 0.29) is 11.7 Å². The van der Waals surface area contributed by atoms with Gasteiger partial charge in [0.25, 0.3) is 5.91 Å². The van der Waals surface area contributed by atoms with Crippen molar-refractivity contribution in [1.29, 1.82) is 0 Å². The van der Waals surface area contributed by atoms with Gasteiger partial charge in [0.1, 0.15) is 5.76 Å². The first kappa shape index (κ1) is 20.2. The van der Waals surface area contributed by atoms with Crippen LogP contribution in [0.3, 0.4) is 0 Å². The van der Waals surface area contributed by atoms with E-state index in [0.717, 1.165) is 12.2 Å². The molecule has 29 heavy (non-hydrogen) atoms. The van der Waals surface area contributed by atoms with Gasteiger partial charge in [-0.3, -0.25) is 19.2 Å². The zero-order chi connectivity index (χ0) is 21.0. The van der Waals surface area contributed by atoms with Gasteiger partial charge in [0.05, 0.1) is 0 Å². The quantitative estimate of drug-likeness (QED) is 0.460. The number of amides is 1. The van der Waals surface area contributed by atoms with Crippen LogP contribution in [0.5, 0.6) is 0 Å². The number of carbonyl (C=O) groups is 4. The molecule has 1 N–H and O–H groups in total. The molecule has 0 saturated carbocycles. The number of benzene rings is 2. The molecule has 0 saturated heterocycles. The Hall–Kier alpha value is -3.51. The lowest BCUT2D eigenvalue weighted by atomic mass is 9.96. The molecule has 1 unspecified atom stereocenters. The van der Waals surface area contributed by atoms with Crippen molar-refractivity contribution in [3.05, 3.63) is 82.6 Å². The first-order chi connectivity index (χ1) is 13.8. The molecular formula is C22H16ClNO5. The van der Waals surface area contributed by atoms with E-state index < -0.39 is 23.5 Å². The van der Waals surface area contributed by atoms with Gasteiger partial charge in [-0.2, -0.15) is 0 Å². The molecule has 0 spiro atoms. The fourth-order valence-corrected chi connectivity index (χ4v) is 2.83. The first-order valence-corrected chi connectivity index (χ1v) is 9.04. The van der Waals surface area contributed by atoms with Crippen molar-refractivity contribution in [1.82, 2.24) is 0 Å². The summed E-state index contributed by atoms with van der Waals surface area (Å²) in [6.07, 6.45) is 3.75. The minimum atomic E-state index is -1.48. The predicted molar refractivity (Wildman–Crippen MR) is 108 cm³/mol. The standard InChI is InChI=1S/C22H16ClNO5/c1-13-11-19(26)20(22(28)29-13)18(25)10-5-14-3-2-4-17(12-14)24-21(27)15-6-8-16(23)9-7-15/h2-12,20H,1H3,(H,24,27)/b10-5+. The SMILES string of the molecule is CC1=CC(=O)C(C(=O)/C=C/c2cccc(NC(=O)c3ccc(Cl)cc3)c2)C(=O)O1. The molecule has 146 valence electrons. The van der Waals surface area contributed by atoms with E-state index in [4.69, 9.17) is 16.3 Å². The van der Waals surface area contributed by atoms with Gasteiger partial charge in [-0.15, -0.1) is 0 Å². The second kappa shape index (κ2) is 8.67. The summed E-state index contributed by atoms with van der Waals surface area (Å²) < 4.78 is 4.85. The van der Waals surface area contributed by atoms with E-state index in [1.54, 1.807) is 48.5 Å². The van der Waals surface area contributed by atoms with Crippen molar-refractivity contribution >= 4 is 46.8 Å². The van der Waals surface area contributed by atoms with Crippen molar-refractivity contribution in [3.63, 3.8) is 0 Å². The van der Waals surface area contributed by atoms with Gasteiger partial charge < -0.3 is 10.1 Å². The lowest BCUT2D eigenvalue weighted by Crippen LogP contribution is -2.34. The smallest absolute Gasteiger partial charge is 0.329 e. The number of hydrogen-bond acceptors (Lipinski definition) is 5. The summed E-state index contributed by atoms with van der Waals surface area (Å²) >= 11 is 5.82. The monoisotopic (exact) mass is 409 g/mol. The Labute approximate surface area is 171 Å². The maximum Gasteiger partial charge on any atom is 0.329 e. The normalized spacial score (nSPS) is 16.3. The van der Waals surface area contributed by atoms with Gasteiger partial charge in [0.15, 0.2) is 17.5 Å². The van der Waals surface area contributed by atoms with Gasteiger partial charge >= 0.3 is 5.97 Å². The molecule has 2 aromatic rings. The number of rotatable bonds is 5. The molecule has 3 rings (SSSR count). The molecule has 0 aromatic heterocycles. The maximum absolute atomic E-state index is 12.3. The van der Waals surface area contributed by atoms with Crippen LogP contribution in [-0.2, 0) is 19.1 Å². The molecule has 0 radical (unpaired) electrons. The Balaban J connectivity index is 1.70. The molecule has 1 amide bonds. The zero-order valence-electron chi connectivity index (χ0n) is 15.3. The predicted octanol–water partition coefficient (Wildman–Crippen LogP) is 3.82. The number of hydrogen-bond donors (Lipinski definition) is 1. The third-order valence-corrected chi connectivity index (χ3v) is 4.35. The van der Waals surface area contributed by atoms with Crippen LogP contribution in [0.4, 0.5) is 5.69 Å². The molecular weight excluding hydrogens is 394 g/mol. The van der Waals surface area contributed by atoms with Gasteiger partial charge in [-0.05, 0) is 55.0 Å². The number of ether oxygens (including phenoxy) is 1. The van der Waals surface area contributed by atoms with E-state index in [1.165, 1.54) is 13.0 Å². The Morgan fingerprint density at radius 1 is 1.10 bits per heavy atom. The fourth-order valence-electron chi connectivity index (χ4n) is 2.70. The van der Waals surface area contributed by atoms with Crippen LogP contribution < -0.4 is 5.32 Å². The highest BCUT2D eigenvalue weighted by molar-refractivity contribution is 6.30. The molecule has 2 aromatic carbocycles. The van der Waals surface area contributed by atoms with Crippen molar-refractivity contribution in [2.75, 3.05) is 5.32 Å². The minimum absolute atomic E-state index is 0.164. The van der Waals surface area contributed by atoms with Crippen LogP contribution in [0.2, 0.25) is 5.02 Å². The first-order valence-electron chi connectivity index (χ1n) is 8.66. The molecule has 7 heteroatoms. The largest absolute Gasteiger partial charge is 0.430 e. The van der Waals surface area contributed by atoms with Gasteiger partial charge in [-0.1, -0.05) is 29.8 Å². The van der Waals surface area contributed by atoms with Gasteiger partial charge in [0.2, 0.25) is 0 Å². The van der Waals surface area contributed by atoms with Crippen LogP contribution in [0.15, 0.2) is 66.4 Å². The molecule has 1 heterocycles. The lowest BCUT2D eigenvalue weighted by Gasteiger charge is -2.15. The van der Waals surface area contributed by atoms with Crippen LogP contribution in [0.25, 0.3) is 6.08 Å². The third-order valence-electron chi connectivity index (χ3n) is 4.10. The number of esters is 1. The summed E-state index contributed by atoms with van der Waals surface area (Å²) in [4.78, 5) is 48.3. The second-order valence-corrected chi connectivity index (χ2v) is 6.77. The number of anilines is 1. The lowest BCUT2D eigenvalue weighted by molar-refractivity contribution is -0.151. The van der Waals surface area contributed by atoms with E-state index in [2.05, 4.69) is 5.32 Å². The van der Waals surface area contributed by atoms with Crippen LogP contribution >= 0.6 is 11.6 Å². The number of ketones is 2.